The maximum absolute atomic E-state index is 11.1. The molecular weight excluding hydrogens is 260 g/mol. The SMILES string of the molecule is Cc1ccc(Sc2ncccc2C#N)cc1C(=O)O. The van der Waals surface area contributed by atoms with Gasteiger partial charge >= 0.3 is 5.97 Å². The van der Waals surface area contributed by atoms with E-state index in [4.69, 9.17) is 10.4 Å². The molecule has 0 aliphatic carbocycles. The van der Waals surface area contributed by atoms with Crippen molar-refractivity contribution >= 4 is 17.7 Å². The van der Waals surface area contributed by atoms with E-state index in [0.29, 0.717) is 16.2 Å². The van der Waals surface area contributed by atoms with Crippen LogP contribution < -0.4 is 0 Å². The Morgan fingerprint density at radius 1 is 1.42 bits per heavy atom. The van der Waals surface area contributed by atoms with Crippen LogP contribution in [0.4, 0.5) is 0 Å². The van der Waals surface area contributed by atoms with Crippen LogP contribution in [-0.2, 0) is 0 Å². The minimum absolute atomic E-state index is 0.263. The van der Waals surface area contributed by atoms with Gasteiger partial charge in [-0.15, -0.1) is 0 Å². The molecule has 4 nitrogen and oxygen atoms in total. The van der Waals surface area contributed by atoms with Gasteiger partial charge in [-0.25, -0.2) is 9.78 Å². The Kier molecular flexibility index (Phi) is 3.83. The van der Waals surface area contributed by atoms with Gasteiger partial charge in [0.05, 0.1) is 11.1 Å². The van der Waals surface area contributed by atoms with Crippen molar-refractivity contribution in [3.63, 3.8) is 0 Å². The van der Waals surface area contributed by atoms with Crippen molar-refractivity contribution in [3.05, 3.63) is 53.2 Å². The number of carboxylic acids is 1. The number of carbonyl (C=O) groups is 1. The normalized spacial score (nSPS) is 9.89. The number of aryl methyl sites for hydroxylation is 1. The molecule has 0 radical (unpaired) electrons. The Morgan fingerprint density at radius 2 is 2.21 bits per heavy atom. The van der Waals surface area contributed by atoms with Crippen LogP contribution in [0.3, 0.4) is 0 Å². The first-order chi connectivity index (χ1) is 9.11. The molecular formula is C14H10N2O2S. The van der Waals surface area contributed by atoms with E-state index < -0.39 is 5.97 Å². The quantitative estimate of drug-likeness (QED) is 0.927. The first-order valence-electron chi connectivity index (χ1n) is 5.48. The summed E-state index contributed by atoms with van der Waals surface area (Å²) in [5.74, 6) is -0.957. The van der Waals surface area contributed by atoms with Crippen molar-refractivity contribution in [2.45, 2.75) is 16.8 Å². The summed E-state index contributed by atoms with van der Waals surface area (Å²) in [5.41, 5.74) is 1.45. The van der Waals surface area contributed by atoms with Gasteiger partial charge in [-0.2, -0.15) is 5.26 Å². The number of nitrogens with zero attached hydrogens (tertiary/aromatic N) is 2. The van der Waals surface area contributed by atoms with E-state index in [2.05, 4.69) is 11.1 Å². The number of pyridine rings is 1. The molecule has 0 fully saturated rings. The average molecular weight is 270 g/mol. The van der Waals surface area contributed by atoms with E-state index in [1.807, 2.05) is 6.07 Å². The monoisotopic (exact) mass is 270 g/mol. The molecule has 1 aromatic carbocycles. The Bertz CT molecular complexity index is 677. The van der Waals surface area contributed by atoms with Gasteiger partial charge in [-0.3, -0.25) is 0 Å². The lowest BCUT2D eigenvalue weighted by Crippen LogP contribution is -1.99. The lowest BCUT2D eigenvalue weighted by Gasteiger charge is -2.05. The molecule has 0 unspecified atom stereocenters. The summed E-state index contributed by atoms with van der Waals surface area (Å²) >= 11 is 1.28. The predicted molar refractivity (Wildman–Crippen MR) is 71.2 cm³/mol. The van der Waals surface area contributed by atoms with E-state index in [9.17, 15) is 4.79 Å². The van der Waals surface area contributed by atoms with E-state index >= 15 is 0 Å². The molecule has 5 heteroatoms. The molecule has 0 atom stereocenters. The summed E-state index contributed by atoms with van der Waals surface area (Å²) in [6.45, 7) is 1.75. The second kappa shape index (κ2) is 5.55. The van der Waals surface area contributed by atoms with Crippen molar-refractivity contribution in [3.8, 4) is 6.07 Å². The molecule has 0 saturated heterocycles. The number of hydrogen-bond acceptors (Lipinski definition) is 4. The van der Waals surface area contributed by atoms with Gasteiger partial charge in [0.25, 0.3) is 0 Å². The molecule has 0 saturated carbocycles. The van der Waals surface area contributed by atoms with E-state index in [1.165, 1.54) is 11.8 Å². The second-order valence-electron chi connectivity index (χ2n) is 3.85. The van der Waals surface area contributed by atoms with Crippen LogP contribution in [-0.4, -0.2) is 16.1 Å². The molecule has 1 aromatic heterocycles. The summed E-state index contributed by atoms with van der Waals surface area (Å²) in [4.78, 5) is 16.0. The third kappa shape index (κ3) is 2.92. The zero-order valence-corrected chi connectivity index (χ0v) is 10.9. The summed E-state index contributed by atoms with van der Waals surface area (Å²) in [5, 5.41) is 18.6. The topological polar surface area (TPSA) is 74.0 Å². The largest absolute Gasteiger partial charge is 0.478 e. The summed E-state index contributed by atoms with van der Waals surface area (Å²) in [7, 11) is 0. The Hall–Kier alpha value is -2.32. The lowest BCUT2D eigenvalue weighted by atomic mass is 10.1. The first-order valence-corrected chi connectivity index (χ1v) is 6.30. The van der Waals surface area contributed by atoms with Gasteiger partial charge in [0.1, 0.15) is 11.1 Å². The highest BCUT2D eigenvalue weighted by Crippen LogP contribution is 2.29. The number of benzene rings is 1. The van der Waals surface area contributed by atoms with Crippen LogP contribution in [0.1, 0.15) is 21.5 Å². The summed E-state index contributed by atoms with van der Waals surface area (Å²) < 4.78 is 0. The molecule has 0 spiro atoms. The lowest BCUT2D eigenvalue weighted by molar-refractivity contribution is 0.0696. The smallest absolute Gasteiger partial charge is 0.335 e. The molecule has 19 heavy (non-hydrogen) atoms. The standard InChI is InChI=1S/C14H10N2O2S/c1-9-4-5-11(7-12(9)14(17)18)19-13-10(8-15)3-2-6-16-13/h2-7H,1H3,(H,17,18). The highest BCUT2D eigenvalue weighted by Gasteiger charge is 2.10. The molecule has 0 aliphatic heterocycles. The van der Waals surface area contributed by atoms with Crippen molar-refractivity contribution in [1.29, 1.82) is 5.26 Å². The van der Waals surface area contributed by atoms with Crippen molar-refractivity contribution in [1.82, 2.24) is 4.98 Å². The van der Waals surface area contributed by atoms with Crippen LogP contribution in [0, 0.1) is 18.3 Å². The Morgan fingerprint density at radius 3 is 2.89 bits per heavy atom. The number of aromatic carboxylic acids is 1. The van der Waals surface area contributed by atoms with Crippen molar-refractivity contribution in [2.75, 3.05) is 0 Å². The molecule has 2 rings (SSSR count). The maximum Gasteiger partial charge on any atom is 0.335 e. The van der Waals surface area contributed by atoms with Crippen molar-refractivity contribution < 1.29 is 9.90 Å². The number of hydrogen-bond donors (Lipinski definition) is 1. The fourth-order valence-corrected chi connectivity index (χ4v) is 2.44. The van der Waals surface area contributed by atoms with E-state index in [1.54, 1.807) is 37.4 Å². The predicted octanol–water partition coefficient (Wildman–Crippen LogP) is 3.11. The van der Waals surface area contributed by atoms with Gasteiger partial charge in [0.15, 0.2) is 0 Å². The van der Waals surface area contributed by atoms with Crippen LogP contribution >= 0.6 is 11.8 Å². The van der Waals surface area contributed by atoms with E-state index in [0.717, 1.165) is 4.90 Å². The minimum Gasteiger partial charge on any atom is -0.478 e. The van der Waals surface area contributed by atoms with Gasteiger partial charge in [0, 0.05) is 11.1 Å². The molecule has 2 aromatic rings. The third-order valence-corrected chi connectivity index (χ3v) is 3.55. The number of nitriles is 1. The van der Waals surface area contributed by atoms with Gasteiger partial charge in [-0.05, 0) is 36.8 Å². The molecule has 1 N–H and O–H groups in total. The molecule has 1 heterocycles. The molecule has 0 amide bonds. The minimum atomic E-state index is -0.957. The number of carboxylic acid groups (broad SMARTS) is 1. The highest BCUT2D eigenvalue weighted by atomic mass is 32.2. The van der Waals surface area contributed by atoms with E-state index in [-0.39, 0.29) is 5.56 Å². The van der Waals surface area contributed by atoms with Gasteiger partial charge in [0.2, 0.25) is 0 Å². The van der Waals surface area contributed by atoms with Crippen molar-refractivity contribution in [2.24, 2.45) is 0 Å². The third-order valence-electron chi connectivity index (χ3n) is 2.55. The van der Waals surface area contributed by atoms with Crippen LogP contribution in [0.25, 0.3) is 0 Å². The Balaban J connectivity index is 2.37. The first kappa shape index (κ1) is 13.1. The zero-order chi connectivity index (χ0) is 13.8. The van der Waals surface area contributed by atoms with Crippen LogP contribution in [0.5, 0.6) is 0 Å². The van der Waals surface area contributed by atoms with Gasteiger partial charge < -0.3 is 5.11 Å². The summed E-state index contributed by atoms with van der Waals surface area (Å²) in [6.07, 6.45) is 1.61. The Labute approximate surface area is 114 Å². The van der Waals surface area contributed by atoms with Gasteiger partial charge in [-0.1, -0.05) is 17.8 Å². The molecule has 0 bridgehead atoms. The fourth-order valence-electron chi connectivity index (χ4n) is 1.56. The zero-order valence-electron chi connectivity index (χ0n) is 10.1. The highest BCUT2D eigenvalue weighted by molar-refractivity contribution is 7.99. The average Bonchev–Trinajstić information content (AvgIpc) is 2.41. The maximum atomic E-state index is 11.1. The number of aromatic nitrogens is 1. The second-order valence-corrected chi connectivity index (χ2v) is 4.91. The van der Waals surface area contributed by atoms with Crippen LogP contribution in [0.15, 0.2) is 46.5 Å². The molecule has 0 aliphatic rings. The summed E-state index contributed by atoms with van der Waals surface area (Å²) in [6, 6.07) is 10.6. The fraction of sp³-hybridized carbons (Fsp3) is 0.0714. The molecule has 94 valence electrons. The van der Waals surface area contributed by atoms with Crippen LogP contribution in [0.2, 0.25) is 0 Å². The number of rotatable bonds is 3.